The zero-order chi connectivity index (χ0) is 9.10. The molecule has 1 aliphatic rings. The molecule has 2 heterocycles. The molecule has 1 aliphatic heterocycles. The van der Waals surface area contributed by atoms with Gasteiger partial charge in [-0.05, 0) is 24.3 Å². The first kappa shape index (κ1) is 8.88. The SMILES string of the molecule is CC1SCCC1Nc1cccnc1. The Bertz CT molecular complexity index is 263. The monoisotopic (exact) mass is 194 g/mol. The van der Waals surface area contributed by atoms with E-state index >= 15 is 0 Å². The average Bonchev–Trinajstić information content (AvgIpc) is 2.54. The Hall–Kier alpha value is -0.700. The van der Waals surface area contributed by atoms with E-state index in [0.29, 0.717) is 6.04 Å². The maximum Gasteiger partial charge on any atom is 0.0529 e. The van der Waals surface area contributed by atoms with Gasteiger partial charge in [0.15, 0.2) is 0 Å². The van der Waals surface area contributed by atoms with Gasteiger partial charge < -0.3 is 5.32 Å². The molecule has 1 N–H and O–H groups in total. The Balaban J connectivity index is 1.98. The van der Waals surface area contributed by atoms with E-state index in [2.05, 4.69) is 23.3 Å². The maximum atomic E-state index is 4.08. The number of rotatable bonds is 2. The average molecular weight is 194 g/mol. The van der Waals surface area contributed by atoms with Crippen molar-refractivity contribution in [3.05, 3.63) is 24.5 Å². The maximum absolute atomic E-state index is 4.08. The highest BCUT2D eigenvalue weighted by molar-refractivity contribution is 8.00. The van der Waals surface area contributed by atoms with E-state index in [1.165, 1.54) is 12.2 Å². The highest BCUT2D eigenvalue weighted by Gasteiger charge is 2.23. The number of anilines is 1. The Morgan fingerprint density at radius 2 is 2.54 bits per heavy atom. The number of hydrogen-bond acceptors (Lipinski definition) is 3. The summed E-state index contributed by atoms with van der Waals surface area (Å²) in [5.74, 6) is 1.28. The molecule has 0 aromatic carbocycles. The van der Waals surface area contributed by atoms with Gasteiger partial charge in [0.2, 0.25) is 0 Å². The number of nitrogens with one attached hydrogen (secondary N) is 1. The molecule has 70 valence electrons. The van der Waals surface area contributed by atoms with E-state index in [9.17, 15) is 0 Å². The number of aromatic nitrogens is 1. The van der Waals surface area contributed by atoms with Crippen LogP contribution in [-0.4, -0.2) is 22.0 Å². The number of pyridine rings is 1. The van der Waals surface area contributed by atoms with Crippen LogP contribution in [0.2, 0.25) is 0 Å². The second-order valence-electron chi connectivity index (χ2n) is 3.36. The summed E-state index contributed by atoms with van der Waals surface area (Å²) >= 11 is 2.04. The quantitative estimate of drug-likeness (QED) is 0.782. The Kier molecular flexibility index (Phi) is 2.74. The number of nitrogens with zero attached hydrogens (tertiary/aromatic N) is 1. The van der Waals surface area contributed by atoms with Gasteiger partial charge in [-0.15, -0.1) is 0 Å². The Labute approximate surface area is 83.1 Å². The minimum absolute atomic E-state index is 0.620. The lowest BCUT2D eigenvalue weighted by Crippen LogP contribution is -2.24. The molecule has 0 bridgehead atoms. The third kappa shape index (κ3) is 2.15. The van der Waals surface area contributed by atoms with E-state index in [-0.39, 0.29) is 0 Å². The molecule has 3 heteroatoms. The molecule has 1 aromatic rings. The summed E-state index contributed by atoms with van der Waals surface area (Å²) in [5, 5.41) is 4.23. The fourth-order valence-corrected chi connectivity index (χ4v) is 2.78. The van der Waals surface area contributed by atoms with Crippen molar-refractivity contribution in [3.63, 3.8) is 0 Å². The van der Waals surface area contributed by atoms with Crippen molar-refractivity contribution in [2.24, 2.45) is 0 Å². The molecular formula is C10H14N2S. The lowest BCUT2D eigenvalue weighted by Gasteiger charge is -2.17. The molecule has 0 radical (unpaired) electrons. The normalized spacial score (nSPS) is 27.5. The smallest absolute Gasteiger partial charge is 0.0529 e. The molecule has 0 amide bonds. The van der Waals surface area contributed by atoms with Crippen molar-refractivity contribution >= 4 is 17.4 Å². The molecule has 0 aliphatic carbocycles. The lowest BCUT2D eigenvalue weighted by molar-refractivity contribution is 0.724. The van der Waals surface area contributed by atoms with Crippen LogP contribution in [0.1, 0.15) is 13.3 Å². The van der Waals surface area contributed by atoms with Crippen LogP contribution in [-0.2, 0) is 0 Å². The second kappa shape index (κ2) is 4.01. The fourth-order valence-electron chi connectivity index (χ4n) is 1.58. The van der Waals surface area contributed by atoms with Crippen molar-refractivity contribution in [1.82, 2.24) is 4.98 Å². The summed E-state index contributed by atoms with van der Waals surface area (Å²) in [6.45, 7) is 2.28. The van der Waals surface area contributed by atoms with Gasteiger partial charge in [0.05, 0.1) is 5.69 Å². The van der Waals surface area contributed by atoms with Crippen LogP contribution in [0.15, 0.2) is 24.5 Å². The minimum Gasteiger partial charge on any atom is -0.380 e. The first-order valence-corrected chi connectivity index (χ1v) is 5.69. The zero-order valence-corrected chi connectivity index (χ0v) is 8.55. The molecule has 1 saturated heterocycles. The van der Waals surface area contributed by atoms with Crippen molar-refractivity contribution in [2.45, 2.75) is 24.6 Å². The van der Waals surface area contributed by atoms with Crippen molar-refractivity contribution in [2.75, 3.05) is 11.1 Å². The fraction of sp³-hybridized carbons (Fsp3) is 0.500. The van der Waals surface area contributed by atoms with E-state index in [1.54, 1.807) is 6.20 Å². The summed E-state index contributed by atoms with van der Waals surface area (Å²) in [4.78, 5) is 4.08. The molecule has 2 atom stereocenters. The summed E-state index contributed by atoms with van der Waals surface area (Å²) in [7, 11) is 0. The van der Waals surface area contributed by atoms with Crippen LogP contribution < -0.4 is 5.32 Å². The summed E-state index contributed by atoms with van der Waals surface area (Å²) in [5.41, 5.74) is 1.14. The van der Waals surface area contributed by atoms with Gasteiger partial charge in [0.25, 0.3) is 0 Å². The van der Waals surface area contributed by atoms with Crippen molar-refractivity contribution < 1.29 is 0 Å². The van der Waals surface area contributed by atoms with Crippen LogP contribution in [0.5, 0.6) is 0 Å². The topological polar surface area (TPSA) is 24.9 Å². The molecule has 2 unspecified atom stereocenters. The molecule has 13 heavy (non-hydrogen) atoms. The molecule has 0 saturated carbocycles. The van der Waals surface area contributed by atoms with Crippen molar-refractivity contribution in [1.29, 1.82) is 0 Å². The van der Waals surface area contributed by atoms with Gasteiger partial charge in [-0.1, -0.05) is 6.92 Å². The summed E-state index contributed by atoms with van der Waals surface area (Å²) in [6, 6.07) is 4.66. The Morgan fingerprint density at radius 1 is 1.62 bits per heavy atom. The first-order valence-electron chi connectivity index (χ1n) is 4.64. The van der Waals surface area contributed by atoms with E-state index in [0.717, 1.165) is 10.9 Å². The van der Waals surface area contributed by atoms with Crippen LogP contribution >= 0.6 is 11.8 Å². The van der Waals surface area contributed by atoms with Gasteiger partial charge in [0, 0.05) is 23.7 Å². The Morgan fingerprint density at radius 3 is 3.15 bits per heavy atom. The van der Waals surface area contributed by atoms with Crippen molar-refractivity contribution in [3.8, 4) is 0 Å². The third-order valence-corrected chi connectivity index (χ3v) is 3.72. The minimum atomic E-state index is 0.620. The molecule has 1 fully saturated rings. The van der Waals surface area contributed by atoms with Gasteiger partial charge in [-0.2, -0.15) is 11.8 Å². The van der Waals surface area contributed by atoms with Gasteiger partial charge in [-0.3, -0.25) is 4.98 Å². The summed E-state index contributed by atoms with van der Waals surface area (Å²) in [6.07, 6.45) is 4.95. The molecule has 1 aromatic heterocycles. The second-order valence-corrected chi connectivity index (χ2v) is 4.84. The standard InChI is InChI=1S/C10H14N2S/c1-8-10(4-6-13-8)12-9-3-2-5-11-7-9/h2-3,5,7-8,10,12H,4,6H2,1H3. The predicted octanol–water partition coefficient (Wildman–Crippen LogP) is 2.39. The highest BCUT2D eigenvalue weighted by Crippen LogP contribution is 2.28. The van der Waals surface area contributed by atoms with Crippen LogP contribution in [0.4, 0.5) is 5.69 Å². The van der Waals surface area contributed by atoms with Gasteiger partial charge >= 0.3 is 0 Å². The highest BCUT2D eigenvalue weighted by atomic mass is 32.2. The lowest BCUT2D eigenvalue weighted by atomic mass is 10.1. The van der Waals surface area contributed by atoms with Crippen LogP contribution in [0.25, 0.3) is 0 Å². The molecule has 2 rings (SSSR count). The number of thioether (sulfide) groups is 1. The number of hydrogen-bond donors (Lipinski definition) is 1. The van der Waals surface area contributed by atoms with E-state index in [1.807, 2.05) is 24.0 Å². The zero-order valence-electron chi connectivity index (χ0n) is 7.73. The molecule has 2 nitrogen and oxygen atoms in total. The van der Waals surface area contributed by atoms with E-state index in [4.69, 9.17) is 0 Å². The van der Waals surface area contributed by atoms with Crippen LogP contribution in [0, 0.1) is 0 Å². The van der Waals surface area contributed by atoms with Gasteiger partial charge in [-0.25, -0.2) is 0 Å². The largest absolute Gasteiger partial charge is 0.380 e. The summed E-state index contributed by atoms with van der Waals surface area (Å²) < 4.78 is 0. The molecule has 0 spiro atoms. The van der Waals surface area contributed by atoms with E-state index < -0.39 is 0 Å². The molecular weight excluding hydrogens is 180 g/mol. The van der Waals surface area contributed by atoms with Gasteiger partial charge in [0.1, 0.15) is 0 Å². The van der Waals surface area contributed by atoms with Crippen LogP contribution in [0.3, 0.4) is 0 Å². The predicted molar refractivity (Wildman–Crippen MR) is 58.2 cm³/mol. The third-order valence-electron chi connectivity index (χ3n) is 2.39. The first-order chi connectivity index (χ1) is 6.36.